The molecule has 1 atom stereocenters. The average molecular weight is 264 g/mol. The van der Waals surface area contributed by atoms with Crippen molar-refractivity contribution in [2.24, 2.45) is 0 Å². The number of benzene rings is 1. The molecule has 1 aromatic carbocycles. The lowest BCUT2D eigenvalue weighted by atomic mass is 9.96. The molecule has 0 aliphatic carbocycles. The first-order valence-corrected chi connectivity index (χ1v) is 6.61. The van der Waals surface area contributed by atoms with Crippen molar-refractivity contribution in [3.63, 3.8) is 0 Å². The highest BCUT2D eigenvalue weighted by Gasteiger charge is 2.21. The fourth-order valence-corrected chi connectivity index (χ4v) is 2.23. The molecular formula is C11H15F2O3P. The van der Waals surface area contributed by atoms with Crippen molar-refractivity contribution in [1.29, 1.82) is 0 Å². The molecule has 0 saturated heterocycles. The highest BCUT2D eigenvalue weighted by atomic mass is 31.1. The Labute approximate surface area is 99.4 Å². The zero-order valence-corrected chi connectivity index (χ0v) is 10.7. The molecule has 96 valence electrons. The van der Waals surface area contributed by atoms with E-state index in [0.29, 0.717) is 18.4 Å². The zero-order chi connectivity index (χ0) is 13.0. The third-order valence-electron chi connectivity index (χ3n) is 2.56. The second-order valence-electron chi connectivity index (χ2n) is 3.49. The number of halogens is 2. The van der Waals surface area contributed by atoms with E-state index in [-0.39, 0.29) is 11.3 Å². The SMILES string of the molecule is CCc1ccc(O[PH](=O)O)c(C(F)F)c1CC. The molecule has 1 rings (SSSR count). The van der Waals surface area contributed by atoms with Crippen molar-refractivity contribution in [2.75, 3.05) is 0 Å². The lowest BCUT2D eigenvalue weighted by Gasteiger charge is -2.16. The summed E-state index contributed by atoms with van der Waals surface area (Å²) in [5, 5.41) is 0. The number of hydrogen-bond donors (Lipinski definition) is 1. The third-order valence-corrected chi connectivity index (χ3v) is 2.96. The number of aryl methyl sites for hydroxylation is 1. The predicted octanol–water partition coefficient (Wildman–Crippen LogP) is 3.51. The Bertz CT molecular complexity index is 421. The summed E-state index contributed by atoms with van der Waals surface area (Å²) in [7, 11) is -3.27. The first-order chi connectivity index (χ1) is 8.01. The summed E-state index contributed by atoms with van der Waals surface area (Å²) in [4.78, 5) is 8.68. The van der Waals surface area contributed by atoms with E-state index in [1.807, 2.05) is 6.92 Å². The molecule has 0 fully saturated rings. The van der Waals surface area contributed by atoms with E-state index < -0.39 is 14.7 Å². The van der Waals surface area contributed by atoms with Gasteiger partial charge >= 0.3 is 8.25 Å². The van der Waals surface area contributed by atoms with E-state index >= 15 is 0 Å². The van der Waals surface area contributed by atoms with Crippen molar-refractivity contribution in [2.45, 2.75) is 33.1 Å². The number of rotatable bonds is 5. The maximum Gasteiger partial charge on any atom is 0.365 e. The van der Waals surface area contributed by atoms with Gasteiger partial charge in [0.1, 0.15) is 5.75 Å². The molecule has 0 heterocycles. The van der Waals surface area contributed by atoms with Crippen molar-refractivity contribution < 1.29 is 22.8 Å². The van der Waals surface area contributed by atoms with E-state index in [4.69, 9.17) is 4.89 Å². The van der Waals surface area contributed by atoms with Crippen LogP contribution in [-0.2, 0) is 17.4 Å². The largest absolute Gasteiger partial charge is 0.426 e. The van der Waals surface area contributed by atoms with Crippen LogP contribution in [0.2, 0.25) is 0 Å². The molecule has 17 heavy (non-hydrogen) atoms. The Morgan fingerprint density at radius 3 is 2.41 bits per heavy atom. The van der Waals surface area contributed by atoms with Gasteiger partial charge in [0, 0.05) is 0 Å². The van der Waals surface area contributed by atoms with Crippen LogP contribution >= 0.6 is 8.25 Å². The Hall–Kier alpha value is -0.930. The van der Waals surface area contributed by atoms with Crippen LogP contribution in [0.3, 0.4) is 0 Å². The topological polar surface area (TPSA) is 46.5 Å². The lowest BCUT2D eigenvalue weighted by molar-refractivity contribution is 0.147. The summed E-state index contributed by atoms with van der Waals surface area (Å²) in [6, 6.07) is 2.99. The van der Waals surface area contributed by atoms with Crippen LogP contribution in [0.4, 0.5) is 8.78 Å². The summed E-state index contributed by atoms with van der Waals surface area (Å²) in [6.07, 6.45) is -1.64. The number of hydrogen-bond acceptors (Lipinski definition) is 2. The van der Waals surface area contributed by atoms with Gasteiger partial charge in [0.25, 0.3) is 6.43 Å². The van der Waals surface area contributed by atoms with Gasteiger partial charge in [0.05, 0.1) is 5.56 Å². The maximum atomic E-state index is 13.0. The van der Waals surface area contributed by atoms with E-state index in [0.717, 1.165) is 5.56 Å². The van der Waals surface area contributed by atoms with Gasteiger partial charge in [0.15, 0.2) is 0 Å². The second-order valence-corrected chi connectivity index (χ2v) is 4.23. The van der Waals surface area contributed by atoms with Gasteiger partial charge in [-0.25, -0.2) is 13.3 Å². The van der Waals surface area contributed by atoms with E-state index in [9.17, 15) is 13.3 Å². The van der Waals surface area contributed by atoms with Gasteiger partial charge < -0.3 is 9.42 Å². The standard InChI is InChI=1S/C11H15F2O3P/c1-3-7-5-6-9(16-17(14)15)10(11(12)13)8(7)4-2/h5-6,11,17H,3-4H2,1-2H3,(H,14,15). The fraction of sp³-hybridized carbons (Fsp3) is 0.455. The van der Waals surface area contributed by atoms with Crippen LogP contribution in [-0.4, -0.2) is 4.89 Å². The summed E-state index contributed by atoms with van der Waals surface area (Å²) in [6.45, 7) is 3.64. The van der Waals surface area contributed by atoms with Crippen LogP contribution < -0.4 is 4.52 Å². The number of alkyl halides is 2. The van der Waals surface area contributed by atoms with Crippen molar-refractivity contribution >= 4 is 8.25 Å². The van der Waals surface area contributed by atoms with E-state index in [1.54, 1.807) is 13.0 Å². The van der Waals surface area contributed by atoms with Gasteiger partial charge in [-0.1, -0.05) is 19.9 Å². The van der Waals surface area contributed by atoms with Gasteiger partial charge in [-0.05, 0) is 30.0 Å². The lowest BCUT2D eigenvalue weighted by Crippen LogP contribution is -2.01. The molecule has 3 nitrogen and oxygen atoms in total. The van der Waals surface area contributed by atoms with Gasteiger partial charge in [-0.3, -0.25) is 0 Å². The molecule has 1 N–H and O–H groups in total. The summed E-state index contributed by atoms with van der Waals surface area (Å²) >= 11 is 0. The Kier molecular flexibility index (Phi) is 5.09. The minimum absolute atomic E-state index is 0.194. The molecule has 0 bridgehead atoms. The van der Waals surface area contributed by atoms with Crippen LogP contribution in [0.25, 0.3) is 0 Å². The van der Waals surface area contributed by atoms with Crippen molar-refractivity contribution in [3.8, 4) is 5.75 Å². The van der Waals surface area contributed by atoms with Crippen molar-refractivity contribution in [1.82, 2.24) is 0 Å². The van der Waals surface area contributed by atoms with Gasteiger partial charge in [0.2, 0.25) is 0 Å². The second kappa shape index (κ2) is 6.12. The van der Waals surface area contributed by atoms with Crippen LogP contribution in [0.5, 0.6) is 5.75 Å². The van der Waals surface area contributed by atoms with E-state index in [1.165, 1.54) is 6.07 Å². The van der Waals surface area contributed by atoms with Crippen LogP contribution in [0.15, 0.2) is 12.1 Å². The van der Waals surface area contributed by atoms with E-state index in [2.05, 4.69) is 4.52 Å². The Morgan fingerprint density at radius 2 is 2.00 bits per heavy atom. The molecule has 0 aromatic heterocycles. The average Bonchev–Trinajstić information content (AvgIpc) is 2.26. The molecule has 0 radical (unpaired) electrons. The minimum Gasteiger partial charge on any atom is -0.426 e. The molecule has 1 unspecified atom stereocenters. The monoisotopic (exact) mass is 264 g/mol. The predicted molar refractivity (Wildman–Crippen MR) is 62.0 cm³/mol. The highest BCUT2D eigenvalue weighted by molar-refractivity contribution is 7.32. The zero-order valence-electron chi connectivity index (χ0n) is 9.67. The third kappa shape index (κ3) is 3.27. The molecule has 0 spiro atoms. The quantitative estimate of drug-likeness (QED) is 0.828. The molecule has 0 aliphatic heterocycles. The van der Waals surface area contributed by atoms with Crippen LogP contribution in [0.1, 0.15) is 37.0 Å². The molecule has 0 aliphatic rings. The fourth-order valence-electron chi connectivity index (χ4n) is 1.86. The summed E-state index contributed by atoms with van der Waals surface area (Å²) in [5.41, 5.74) is 1.05. The van der Waals surface area contributed by atoms with Crippen LogP contribution in [0, 0.1) is 0 Å². The normalized spacial score (nSPS) is 12.8. The molecule has 0 amide bonds. The molecule has 0 saturated carbocycles. The summed E-state index contributed by atoms with van der Waals surface area (Å²) < 4.78 is 41.2. The molecule has 6 heteroatoms. The first kappa shape index (κ1) is 14.1. The minimum atomic E-state index is -3.27. The summed E-state index contributed by atoms with van der Waals surface area (Å²) in [5.74, 6) is -0.194. The first-order valence-electron chi connectivity index (χ1n) is 5.34. The Morgan fingerprint density at radius 1 is 1.35 bits per heavy atom. The van der Waals surface area contributed by atoms with Gasteiger partial charge in [-0.2, -0.15) is 0 Å². The van der Waals surface area contributed by atoms with Crippen molar-refractivity contribution in [3.05, 3.63) is 28.8 Å². The maximum absolute atomic E-state index is 13.0. The Balaban J connectivity index is 3.36. The van der Waals surface area contributed by atoms with Gasteiger partial charge in [-0.15, -0.1) is 0 Å². The molecular weight excluding hydrogens is 249 g/mol. The smallest absolute Gasteiger partial charge is 0.365 e. The highest BCUT2D eigenvalue weighted by Crippen LogP contribution is 2.37. The molecule has 1 aromatic rings.